The van der Waals surface area contributed by atoms with Crippen LogP contribution in [0.5, 0.6) is 0 Å². The van der Waals surface area contributed by atoms with E-state index in [0.29, 0.717) is 22.3 Å². The summed E-state index contributed by atoms with van der Waals surface area (Å²) < 4.78 is 6.82. The summed E-state index contributed by atoms with van der Waals surface area (Å²) in [6.07, 6.45) is -3.08. The average Bonchev–Trinajstić information content (AvgIpc) is 3.00. The summed E-state index contributed by atoms with van der Waals surface area (Å²) in [5.74, 6) is 0.237. The highest BCUT2D eigenvalue weighted by molar-refractivity contribution is 5.94. The first kappa shape index (κ1) is 14.9. The van der Waals surface area contributed by atoms with E-state index < -0.39 is 31.1 Å². The van der Waals surface area contributed by atoms with Crippen molar-refractivity contribution in [1.29, 1.82) is 0 Å². The van der Waals surface area contributed by atoms with Crippen LogP contribution in [-0.2, 0) is 4.74 Å². The SMILES string of the molecule is C=C(C)c1nn([C@@H]2O[C@H](CO)[C@@H](O)[C@H]2O)c2ncnc(N)c12. The Morgan fingerprint density at radius 3 is 2.73 bits per heavy atom. The Labute approximate surface area is 125 Å². The Hall–Kier alpha value is -2.07. The number of nitrogens with two attached hydrogens (primary N) is 1. The number of aliphatic hydroxyl groups is 3. The minimum absolute atomic E-state index is 0.237. The molecule has 3 heterocycles. The number of allylic oxidation sites excluding steroid dienone is 1. The van der Waals surface area contributed by atoms with E-state index in [1.165, 1.54) is 11.0 Å². The number of hydrogen-bond acceptors (Lipinski definition) is 8. The van der Waals surface area contributed by atoms with E-state index in [0.717, 1.165) is 0 Å². The predicted octanol–water partition coefficient (Wildman–Crippen LogP) is -0.947. The average molecular weight is 307 g/mol. The first-order chi connectivity index (χ1) is 10.5. The van der Waals surface area contributed by atoms with Crippen LogP contribution in [0.15, 0.2) is 12.9 Å². The van der Waals surface area contributed by atoms with Gasteiger partial charge in [0.2, 0.25) is 0 Å². The zero-order valence-electron chi connectivity index (χ0n) is 11.9. The summed E-state index contributed by atoms with van der Waals surface area (Å²) in [6.45, 7) is 5.18. The van der Waals surface area contributed by atoms with E-state index in [4.69, 9.17) is 10.5 Å². The molecule has 9 nitrogen and oxygen atoms in total. The molecule has 0 aliphatic carbocycles. The molecule has 0 aromatic carbocycles. The summed E-state index contributed by atoms with van der Waals surface area (Å²) in [7, 11) is 0. The molecule has 2 aromatic rings. The molecular weight excluding hydrogens is 290 g/mol. The van der Waals surface area contributed by atoms with E-state index in [-0.39, 0.29) is 5.82 Å². The third kappa shape index (κ3) is 2.06. The van der Waals surface area contributed by atoms with Gasteiger partial charge in [0.25, 0.3) is 0 Å². The predicted molar refractivity (Wildman–Crippen MR) is 77.5 cm³/mol. The second-order valence-electron chi connectivity index (χ2n) is 5.26. The Balaban J connectivity index is 2.16. The van der Waals surface area contributed by atoms with Gasteiger partial charge in [-0.05, 0) is 12.5 Å². The zero-order valence-corrected chi connectivity index (χ0v) is 11.9. The number of hydrogen-bond donors (Lipinski definition) is 4. The van der Waals surface area contributed by atoms with Crippen LogP contribution in [0.1, 0.15) is 18.8 Å². The highest BCUT2D eigenvalue weighted by Crippen LogP contribution is 2.34. The monoisotopic (exact) mass is 307 g/mol. The molecule has 9 heteroatoms. The zero-order chi connectivity index (χ0) is 16.0. The Bertz CT molecular complexity index is 731. The van der Waals surface area contributed by atoms with Crippen molar-refractivity contribution in [2.45, 2.75) is 31.5 Å². The van der Waals surface area contributed by atoms with Crippen LogP contribution in [0.25, 0.3) is 16.6 Å². The third-order valence-electron chi connectivity index (χ3n) is 3.68. The van der Waals surface area contributed by atoms with Crippen LogP contribution in [0.3, 0.4) is 0 Å². The molecule has 0 radical (unpaired) electrons. The molecule has 0 bridgehead atoms. The van der Waals surface area contributed by atoms with Gasteiger partial charge >= 0.3 is 0 Å². The summed E-state index contributed by atoms with van der Waals surface area (Å²) >= 11 is 0. The van der Waals surface area contributed by atoms with Crippen LogP contribution in [-0.4, -0.2) is 60.0 Å². The number of anilines is 1. The molecular formula is C13H17N5O4. The lowest BCUT2D eigenvalue weighted by molar-refractivity contribution is -0.0567. The van der Waals surface area contributed by atoms with E-state index in [2.05, 4.69) is 21.6 Å². The fourth-order valence-corrected chi connectivity index (χ4v) is 2.55. The van der Waals surface area contributed by atoms with Gasteiger partial charge in [-0.1, -0.05) is 6.58 Å². The molecule has 0 saturated carbocycles. The smallest absolute Gasteiger partial charge is 0.181 e. The van der Waals surface area contributed by atoms with Crippen molar-refractivity contribution in [3.05, 3.63) is 18.6 Å². The second kappa shape index (κ2) is 5.29. The molecule has 1 fully saturated rings. The highest BCUT2D eigenvalue weighted by Gasteiger charge is 2.44. The van der Waals surface area contributed by atoms with Crippen molar-refractivity contribution < 1.29 is 20.1 Å². The minimum atomic E-state index is -1.26. The van der Waals surface area contributed by atoms with Crippen molar-refractivity contribution in [1.82, 2.24) is 19.7 Å². The molecule has 3 rings (SSSR count). The van der Waals surface area contributed by atoms with Gasteiger partial charge in [0, 0.05) is 0 Å². The molecule has 0 spiro atoms. The fraction of sp³-hybridized carbons (Fsp3) is 0.462. The molecule has 1 saturated heterocycles. The Kier molecular flexibility index (Phi) is 3.57. The van der Waals surface area contributed by atoms with Gasteiger partial charge in [0.1, 0.15) is 36.2 Å². The van der Waals surface area contributed by atoms with Crippen LogP contribution < -0.4 is 5.73 Å². The quantitative estimate of drug-likeness (QED) is 0.569. The third-order valence-corrected chi connectivity index (χ3v) is 3.68. The number of nitrogens with zero attached hydrogens (tertiary/aromatic N) is 4. The standard InChI is InChI=1S/C13H17N5O4/c1-5(2)8-7-11(14)15-4-16-12(7)18(17-8)13-10(21)9(20)6(3-19)22-13/h4,6,9-10,13,19-21H,1,3H2,2H3,(H2,14,15,16)/t6-,9-,10-,13-/m1/s1. The van der Waals surface area contributed by atoms with E-state index >= 15 is 0 Å². The largest absolute Gasteiger partial charge is 0.394 e. The van der Waals surface area contributed by atoms with Gasteiger partial charge in [-0.15, -0.1) is 0 Å². The maximum Gasteiger partial charge on any atom is 0.181 e. The summed E-state index contributed by atoms with van der Waals surface area (Å²) in [4.78, 5) is 8.07. The van der Waals surface area contributed by atoms with E-state index in [1.807, 2.05) is 0 Å². The molecule has 1 aliphatic heterocycles. The van der Waals surface area contributed by atoms with E-state index in [1.54, 1.807) is 6.92 Å². The van der Waals surface area contributed by atoms with Gasteiger partial charge in [0.15, 0.2) is 11.9 Å². The van der Waals surface area contributed by atoms with Crippen molar-refractivity contribution in [3.63, 3.8) is 0 Å². The molecule has 4 atom stereocenters. The number of fused-ring (bicyclic) bond motifs is 1. The van der Waals surface area contributed by atoms with Crippen molar-refractivity contribution in [2.24, 2.45) is 0 Å². The molecule has 5 N–H and O–H groups in total. The molecule has 2 aromatic heterocycles. The highest BCUT2D eigenvalue weighted by atomic mass is 16.6. The van der Waals surface area contributed by atoms with Gasteiger partial charge in [-0.2, -0.15) is 5.10 Å². The van der Waals surface area contributed by atoms with E-state index in [9.17, 15) is 15.3 Å². The van der Waals surface area contributed by atoms with Gasteiger partial charge in [0.05, 0.1) is 12.0 Å². The number of rotatable bonds is 3. The van der Waals surface area contributed by atoms with Crippen LogP contribution in [0.4, 0.5) is 5.82 Å². The van der Waals surface area contributed by atoms with Crippen molar-refractivity contribution in [3.8, 4) is 0 Å². The normalized spacial score (nSPS) is 28.4. The number of aliphatic hydroxyl groups excluding tert-OH is 3. The number of nitrogen functional groups attached to an aromatic ring is 1. The Morgan fingerprint density at radius 2 is 2.14 bits per heavy atom. The van der Waals surface area contributed by atoms with Crippen LogP contribution in [0, 0.1) is 0 Å². The minimum Gasteiger partial charge on any atom is -0.394 e. The molecule has 22 heavy (non-hydrogen) atoms. The summed E-state index contributed by atoms with van der Waals surface area (Å²) in [5, 5.41) is 34.1. The maximum absolute atomic E-state index is 10.1. The van der Waals surface area contributed by atoms with Gasteiger partial charge in [-0.3, -0.25) is 0 Å². The van der Waals surface area contributed by atoms with Gasteiger partial charge < -0.3 is 25.8 Å². The fourth-order valence-electron chi connectivity index (χ4n) is 2.55. The van der Waals surface area contributed by atoms with Crippen molar-refractivity contribution in [2.75, 3.05) is 12.3 Å². The van der Waals surface area contributed by atoms with Crippen molar-refractivity contribution >= 4 is 22.4 Å². The van der Waals surface area contributed by atoms with Crippen LogP contribution in [0.2, 0.25) is 0 Å². The van der Waals surface area contributed by atoms with Crippen LogP contribution >= 0.6 is 0 Å². The van der Waals surface area contributed by atoms with Gasteiger partial charge in [-0.25, -0.2) is 14.6 Å². The first-order valence-corrected chi connectivity index (χ1v) is 6.72. The lowest BCUT2D eigenvalue weighted by Gasteiger charge is -2.15. The molecule has 0 unspecified atom stereocenters. The first-order valence-electron chi connectivity index (χ1n) is 6.72. The lowest BCUT2D eigenvalue weighted by atomic mass is 10.1. The Morgan fingerprint density at radius 1 is 1.41 bits per heavy atom. The molecule has 118 valence electrons. The topological polar surface area (TPSA) is 140 Å². The molecule has 1 aliphatic rings. The lowest BCUT2D eigenvalue weighted by Crippen LogP contribution is -2.33. The summed E-state index contributed by atoms with van der Waals surface area (Å²) in [5.41, 5.74) is 7.39. The maximum atomic E-state index is 10.1. The second-order valence-corrected chi connectivity index (χ2v) is 5.26. The molecule has 0 amide bonds. The number of aromatic nitrogens is 4. The number of ether oxygens (including phenoxy) is 1. The summed E-state index contributed by atoms with van der Waals surface area (Å²) in [6, 6.07) is 0.